The van der Waals surface area contributed by atoms with E-state index in [9.17, 15) is 13.2 Å². The van der Waals surface area contributed by atoms with Crippen LogP contribution in [0, 0.1) is 0 Å². The summed E-state index contributed by atoms with van der Waals surface area (Å²) in [6, 6.07) is 0. The summed E-state index contributed by atoms with van der Waals surface area (Å²) in [5.41, 5.74) is 5.20. The minimum absolute atomic E-state index is 0. The van der Waals surface area contributed by atoms with Crippen molar-refractivity contribution in [2.75, 3.05) is 0 Å². The van der Waals surface area contributed by atoms with Crippen LogP contribution >= 0.6 is 0 Å². The Labute approximate surface area is 153 Å². The molecule has 5 nitrogen and oxygen atoms in total. The summed E-state index contributed by atoms with van der Waals surface area (Å²) in [6.45, 7) is 3.48. The molecular weight excluding hydrogens is 301 g/mol. The van der Waals surface area contributed by atoms with Crippen LogP contribution in [0.2, 0.25) is 0 Å². The Morgan fingerprint density at radius 2 is 1.48 bits per heavy atom. The zero-order valence-corrected chi connectivity index (χ0v) is 16.6. The first-order valence-electron chi connectivity index (χ1n) is 7.62. The van der Waals surface area contributed by atoms with Crippen molar-refractivity contribution in [2.24, 2.45) is 5.73 Å². The predicted molar refractivity (Wildman–Crippen MR) is 81.6 cm³/mol. The van der Waals surface area contributed by atoms with Crippen molar-refractivity contribution in [3.05, 3.63) is 0 Å². The van der Waals surface area contributed by atoms with E-state index in [1.165, 1.54) is 45.4 Å². The first-order chi connectivity index (χ1) is 9.40. The monoisotopic (exact) mass is 331 g/mol. The number of hydrogen-bond acceptors (Lipinski definition) is 5. The summed E-state index contributed by atoms with van der Waals surface area (Å²) in [7, 11) is -3.93. The maximum atomic E-state index is 11.3. The Balaban J connectivity index is -0.00000180. The molecule has 0 aliphatic carbocycles. The molecule has 0 bridgehead atoms. The fraction of sp³-hybridized carbons (Fsp3) is 0.929. The maximum absolute atomic E-state index is 11.3. The molecular formula is C14H30NNaO4S. The summed E-state index contributed by atoms with van der Waals surface area (Å²) >= 11 is 0. The van der Waals surface area contributed by atoms with Crippen LogP contribution in [0.5, 0.6) is 0 Å². The summed E-state index contributed by atoms with van der Waals surface area (Å²) in [6.07, 6.45) is 10.4. The molecule has 0 aromatic carbocycles. The smallest absolute Gasteiger partial charge is 1.00 e. The van der Waals surface area contributed by atoms with Crippen LogP contribution in [0.4, 0.5) is 0 Å². The van der Waals surface area contributed by atoms with Gasteiger partial charge in [-0.25, -0.2) is 0 Å². The van der Waals surface area contributed by atoms with Crippen LogP contribution in [0.25, 0.3) is 0 Å². The number of carbonyl (C=O) groups is 1. The van der Waals surface area contributed by atoms with Crippen LogP contribution in [0.3, 0.4) is 0 Å². The first-order valence-corrected chi connectivity index (χ1v) is 9.09. The summed E-state index contributed by atoms with van der Waals surface area (Å²) in [5, 5.41) is -1.17. The molecule has 0 aromatic rings. The predicted octanol–water partition coefficient (Wildman–Crippen LogP) is 0.202. The zero-order valence-electron chi connectivity index (χ0n) is 14.8. The van der Waals surface area contributed by atoms with Crippen molar-refractivity contribution < 1.29 is 48.4 Å². The van der Waals surface area contributed by atoms with Gasteiger partial charge < -0.3 is 11.3 Å². The SMILES string of the molecule is CCCCCCCCCCCC(=O)OS(=O)(=O)C(C)N.[H-].[Na+]. The van der Waals surface area contributed by atoms with Crippen LogP contribution in [0.15, 0.2) is 0 Å². The van der Waals surface area contributed by atoms with Crippen LogP contribution in [-0.2, 0) is 19.1 Å². The molecule has 0 rings (SSSR count). The third kappa shape index (κ3) is 13.7. The van der Waals surface area contributed by atoms with Gasteiger partial charge in [-0.05, 0) is 13.3 Å². The standard InChI is InChI=1S/C14H29NO4S.Na.H/c1-3-4-5-6-7-8-9-10-11-12-14(16)19-20(17,18)13(2)15;;/h13H,3-12,15H2,1-2H3;;/q;+1;-1. The zero-order chi connectivity index (χ0) is 15.4. The van der Waals surface area contributed by atoms with E-state index in [2.05, 4.69) is 11.1 Å². The van der Waals surface area contributed by atoms with Crippen molar-refractivity contribution in [2.45, 2.75) is 83.4 Å². The van der Waals surface area contributed by atoms with Gasteiger partial charge in [-0.2, -0.15) is 8.42 Å². The van der Waals surface area contributed by atoms with Crippen molar-refractivity contribution in [1.82, 2.24) is 0 Å². The molecule has 122 valence electrons. The van der Waals surface area contributed by atoms with E-state index in [4.69, 9.17) is 5.73 Å². The van der Waals surface area contributed by atoms with E-state index in [1.54, 1.807) is 0 Å². The fourth-order valence-corrected chi connectivity index (χ4v) is 2.32. The van der Waals surface area contributed by atoms with E-state index in [1.807, 2.05) is 0 Å². The molecule has 0 amide bonds. The third-order valence-corrected chi connectivity index (χ3v) is 4.48. The van der Waals surface area contributed by atoms with E-state index >= 15 is 0 Å². The molecule has 21 heavy (non-hydrogen) atoms. The second-order valence-electron chi connectivity index (χ2n) is 5.23. The molecule has 0 aliphatic rings. The fourth-order valence-electron chi connectivity index (χ4n) is 1.83. The van der Waals surface area contributed by atoms with Crippen LogP contribution in [-0.4, -0.2) is 19.8 Å². The summed E-state index contributed by atoms with van der Waals surface area (Å²) in [4.78, 5) is 11.3. The quantitative estimate of drug-likeness (QED) is 0.314. The Morgan fingerprint density at radius 3 is 1.90 bits per heavy atom. The van der Waals surface area contributed by atoms with Gasteiger partial charge in [0.15, 0.2) is 0 Å². The van der Waals surface area contributed by atoms with Gasteiger partial charge >= 0.3 is 45.6 Å². The second-order valence-corrected chi connectivity index (χ2v) is 7.13. The van der Waals surface area contributed by atoms with E-state index in [0.29, 0.717) is 6.42 Å². The minimum atomic E-state index is -3.93. The average molecular weight is 331 g/mol. The average Bonchev–Trinajstić information content (AvgIpc) is 2.36. The Bertz CT molecular complexity index is 364. The molecule has 2 N–H and O–H groups in total. The number of carbonyl (C=O) groups excluding carboxylic acids is 1. The number of rotatable bonds is 12. The van der Waals surface area contributed by atoms with Gasteiger partial charge in [0.2, 0.25) is 0 Å². The number of nitrogens with two attached hydrogens (primary N) is 1. The molecule has 0 radical (unpaired) electrons. The largest absolute Gasteiger partial charge is 1.00 e. The third-order valence-electron chi connectivity index (χ3n) is 3.15. The number of hydrogen-bond donors (Lipinski definition) is 1. The van der Waals surface area contributed by atoms with Gasteiger partial charge in [0, 0.05) is 6.42 Å². The van der Waals surface area contributed by atoms with Crippen molar-refractivity contribution in [3.8, 4) is 0 Å². The first kappa shape index (κ1) is 23.6. The van der Waals surface area contributed by atoms with Crippen LogP contribution in [0.1, 0.15) is 79.5 Å². The van der Waals surface area contributed by atoms with Gasteiger partial charge in [-0.3, -0.25) is 4.79 Å². The van der Waals surface area contributed by atoms with Gasteiger partial charge in [0.05, 0.1) is 0 Å². The van der Waals surface area contributed by atoms with Gasteiger partial charge in [0.25, 0.3) is 0 Å². The topological polar surface area (TPSA) is 86.5 Å². The van der Waals surface area contributed by atoms with Gasteiger partial charge in [0.1, 0.15) is 5.37 Å². The normalized spacial score (nSPS) is 12.5. The Kier molecular flexibility index (Phi) is 15.8. The van der Waals surface area contributed by atoms with Gasteiger partial charge in [-0.15, -0.1) is 0 Å². The maximum Gasteiger partial charge on any atom is 1.00 e. The van der Waals surface area contributed by atoms with E-state index < -0.39 is 21.5 Å². The molecule has 1 unspecified atom stereocenters. The molecule has 1 atom stereocenters. The molecule has 7 heteroatoms. The molecule has 0 aliphatic heterocycles. The summed E-state index contributed by atoms with van der Waals surface area (Å²) in [5.74, 6) is -0.703. The van der Waals surface area contributed by atoms with Gasteiger partial charge in [-0.1, -0.05) is 58.3 Å². The number of unbranched alkanes of at least 4 members (excludes halogenated alkanes) is 8. The van der Waals surface area contributed by atoms with Crippen LogP contribution < -0.4 is 35.3 Å². The molecule has 0 saturated heterocycles. The van der Waals surface area contributed by atoms with Crippen molar-refractivity contribution >= 4 is 16.1 Å². The second kappa shape index (κ2) is 14.0. The van der Waals surface area contributed by atoms with E-state index in [0.717, 1.165) is 12.8 Å². The molecule has 0 heterocycles. The molecule has 0 spiro atoms. The molecule has 0 saturated carbocycles. The van der Waals surface area contributed by atoms with Crippen molar-refractivity contribution in [3.63, 3.8) is 0 Å². The summed E-state index contributed by atoms with van der Waals surface area (Å²) < 4.78 is 26.8. The van der Waals surface area contributed by atoms with E-state index in [-0.39, 0.29) is 37.4 Å². The Hall–Kier alpha value is 0.380. The molecule has 0 aromatic heterocycles. The Morgan fingerprint density at radius 1 is 1.05 bits per heavy atom. The van der Waals surface area contributed by atoms with Crippen molar-refractivity contribution in [1.29, 1.82) is 0 Å². The minimum Gasteiger partial charge on any atom is -1.00 e. The molecule has 0 fully saturated rings.